The van der Waals surface area contributed by atoms with Gasteiger partial charge in [0, 0.05) is 26.4 Å². The Morgan fingerprint density at radius 1 is 1.29 bits per heavy atom. The average Bonchev–Trinajstić information content (AvgIpc) is 2.93. The molecule has 1 aliphatic heterocycles. The molecular weight excluding hydrogens is 335 g/mol. The molecule has 2 rings (SSSR count). The van der Waals surface area contributed by atoms with Crippen LogP contribution in [0.3, 0.4) is 0 Å². The fraction of sp³-hybridized carbons (Fsp3) is 0.562. The first-order valence-electron chi connectivity index (χ1n) is 7.79. The van der Waals surface area contributed by atoms with Crippen molar-refractivity contribution < 1.29 is 22.3 Å². The summed E-state index contributed by atoms with van der Waals surface area (Å²) in [6.45, 7) is 0.631. The monoisotopic (exact) mass is 358 g/mol. The maximum atomic E-state index is 12.8. The Hall–Kier alpha value is -1.51. The molecule has 0 aliphatic carbocycles. The predicted molar refractivity (Wildman–Crippen MR) is 88.4 cm³/mol. The zero-order chi connectivity index (χ0) is 17.7. The van der Waals surface area contributed by atoms with Gasteiger partial charge in [0.2, 0.25) is 15.9 Å². The summed E-state index contributed by atoms with van der Waals surface area (Å²) in [4.78, 5) is 12.1. The fourth-order valence-corrected chi connectivity index (χ4v) is 3.70. The summed E-state index contributed by atoms with van der Waals surface area (Å²) in [5, 5.41) is 2.85. The van der Waals surface area contributed by atoms with Gasteiger partial charge in [-0.3, -0.25) is 4.79 Å². The summed E-state index contributed by atoms with van der Waals surface area (Å²) in [7, 11) is -0.368. The van der Waals surface area contributed by atoms with Crippen LogP contribution in [0, 0.1) is 11.7 Å². The van der Waals surface area contributed by atoms with Gasteiger partial charge in [0.05, 0.1) is 25.0 Å². The number of aryl methyl sites for hydroxylation is 1. The first-order valence-corrected chi connectivity index (χ1v) is 9.40. The predicted octanol–water partition coefficient (Wildman–Crippen LogP) is 0.781. The summed E-state index contributed by atoms with van der Waals surface area (Å²) in [6, 6.07) is 5.71. The highest BCUT2D eigenvalue weighted by atomic mass is 32.2. The highest BCUT2D eigenvalue weighted by Crippen LogP contribution is 2.17. The molecule has 1 aromatic carbocycles. The van der Waals surface area contributed by atoms with E-state index in [9.17, 15) is 17.6 Å². The van der Waals surface area contributed by atoms with E-state index in [0.29, 0.717) is 19.6 Å². The minimum Gasteiger partial charge on any atom is -0.379 e. The first kappa shape index (κ1) is 18.8. The number of nitrogens with zero attached hydrogens (tertiary/aromatic N) is 1. The number of hydrogen-bond donors (Lipinski definition) is 1. The second-order valence-electron chi connectivity index (χ2n) is 6.16. The van der Waals surface area contributed by atoms with Gasteiger partial charge >= 0.3 is 0 Å². The third-order valence-electron chi connectivity index (χ3n) is 4.08. The van der Waals surface area contributed by atoms with Crippen molar-refractivity contribution in [2.75, 3.05) is 33.1 Å². The molecule has 1 saturated heterocycles. The van der Waals surface area contributed by atoms with Gasteiger partial charge < -0.3 is 10.1 Å². The van der Waals surface area contributed by atoms with Crippen LogP contribution in [0.2, 0.25) is 0 Å². The minimum atomic E-state index is -3.34. The zero-order valence-electron chi connectivity index (χ0n) is 13.9. The number of amides is 1. The van der Waals surface area contributed by atoms with Gasteiger partial charge in [-0.1, -0.05) is 12.1 Å². The van der Waals surface area contributed by atoms with Gasteiger partial charge in [-0.15, -0.1) is 0 Å². The van der Waals surface area contributed by atoms with Gasteiger partial charge in [-0.25, -0.2) is 17.1 Å². The Balaban J connectivity index is 1.85. The van der Waals surface area contributed by atoms with Crippen LogP contribution < -0.4 is 5.32 Å². The van der Waals surface area contributed by atoms with E-state index in [-0.39, 0.29) is 35.9 Å². The van der Waals surface area contributed by atoms with E-state index in [1.54, 1.807) is 12.1 Å². The normalized spacial score (nSPS) is 21.2. The third-order valence-corrected chi connectivity index (χ3v) is 6.04. The molecule has 1 amide bonds. The average molecular weight is 358 g/mol. The van der Waals surface area contributed by atoms with Crippen LogP contribution in [-0.2, 0) is 26.0 Å². The number of rotatable bonds is 7. The topological polar surface area (TPSA) is 75.7 Å². The molecule has 0 aromatic heterocycles. The van der Waals surface area contributed by atoms with Gasteiger partial charge in [0.15, 0.2) is 0 Å². The first-order chi connectivity index (χ1) is 11.3. The van der Waals surface area contributed by atoms with Crippen molar-refractivity contribution in [1.82, 2.24) is 9.62 Å². The van der Waals surface area contributed by atoms with Crippen molar-refractivity contribution in [3.63, 3.8) is 0 Å². The van der Waals surface area contributed by atoms with Crippen LogP contribution in [0.4, 0.5) is 4.39 Å². The number of carbonyl (C=O) groups is 1. The van der Waals surface area contributed by atoms with Gasteiger partial charge in [-0.2, -0.15) is 0 Å². The summed E-state index contributed by atoms with van der Waals surface area (Å²) >= 11 is 0. The van der Waals surface area contributed by atoms with Crippen molar-refractivity contribution in [2.24, 2.45) is 5.92 Å². The number of sulfonamides is 1. The van der Waals surface area contributed by atoms with E-state index in [2.05, 4.69) is 5.32 Å². The number of carbonyl (C=O) groups excluding carboxylic acids is 1. The maximum absolute atomic E-state index is 12.8. The van der Waals surface area contributed by atoms with Crippen molar-refractivity contribution in [3.05, 3.63) is 35.6 Å². The lowest BCUT2D eigenvalue weighted by Gasteiger charge is -2.21. The molecule has 0 saturated carbocycles. The molecule has 1 aliphatic rings. The Kier molecular flexibility index (Phi) is 6.31. The van der Waals surface area contributed by atoms with Gasteiger partial charge in [0.1, 0.15) is 5.82 Å². The number of nitrogens with one attached hydrogen (secondary N) is 1. The lowest BCUT2D eigenvalue weighted by Crippen LogP contribution is -2.43. The van der Waals surface area contributed by atoms with E-state index in [1.165, 1.54) is 30.5 Å². The number of ether oxygens (including phenoxy) is 1. The van der Waals surface area contributed by atoms with Crippen LogP contribution in [0.5, 0.6) is 0 Å². The van der Waals surface area contributed by atoms with Crippen molar-refractivity contribution in [1.29, 1.82) is 0 Å². The summed E-state index contributed by atoms with van der Waals surface area (Å²) in [5.74, 6) is -0.784. The van der Waals surface area contributed by atoms with E-state index < -0.39 is 10.0 Å². The van der Waals surface area contributed by atoms with Gasteiger partial charge in [0.25, 0.3) is 0 Å². The SMILES string of the molecule is CN(C)S(=O)(=O)C[C@@H]1COC[C@H]1NC(=O)CCc1ccc(F)cc1. The van der Waals surface area contributed by atoms with Crippen LogP contribution in [0.15, 0.2) is 24.3 Å². The molecule has 0 unspecified atom stereocenters. The molecule has 1 heterocycles. The Morgan fingerprint density at radius 2 is 1.96 bits per heavy atom. The zero-order valence-corrected chi connectivity index (χ0v) is 14.7. The standard InChI is InChI=1S/C16H23FN2O4S/c1-19(2)24(21,22)11-13-9-23-10-15(13)18-16(20)8-5-12-3-6-14(17)7-4-12/h3-4,6-7,13,15H,5,8-11H2,1-2H3,(H,18,20)/t13-,15+/m0/s1. The molecular formula is C16H23FN2O4S. The Labute approximate surface area is 142 Å². The van der Waals surface area contributed by atoms with Crippen molar-refractivity contribution in [2.45, 2.75) is 18.9 Å². The molecule has 0 bridgehead atoms. The minimum absolute atomic E-state index is 0.0527. The molecule has 8 heteroatoms. The molecule has 134 valence electrons. The molecule has 1 N–H and O–H groups in total. The molecule has 24 heavy (non-hydrogen) atoms. The molecule has 0 radical (unpaired) electrons. The van der Waals surface area contributed by atoms with Crippen LogP contribution in [-0.4, -0.2) is 57.7 Å². The van der Waals surface area contributed by atoms with E-state index in [1.807, 2.05) is 0 Å². The number of benzene rings is 1. The fourth-order valence-electron chi connectivity index (χ4n) is 2.53. The van der Waals surface area contributed by atoms with Crippen LogP contribution in [0.25, 0.3) is 0 Å². The van der Waals surface area contributed by atoms with E-state index >= 15 is 0 Å². The van der Waals surface area contributed by atoms with E-state index in [0.717, 1.165) is 5.56 Å². The molecule has 1 fully saturated rings. The van der Waals surface area contributed by atoms with Crippen LogP contribution >= 0.6 is 0 Å². The highest BCUT2D eigenvalue weighted by Gasteiger charge is 2.33. The number of hydrogen-bond acceptors (Lipinski definition) is 4. The summed E-state index contributed by atoms with van der Waals surface area (Å²) in [6.07, 6.45) is 0.760. The van der Waals surface area contributed by atoms with E-state index in [4.69, 9.17) is 4.74 Å². The second kappa shape index (κ2) is 8.04. The molecule has 6 nitrogen and oxygen atoms in total. The summed E-state index contributed by atoms with van der Waals surface area (Å²) < 4.78 is 43.3. The lowest BCUT2D eigenvalue weighted by atomic mass is 10.1. The molecule has 2 atom stereocenters. The van der Waals surface area contributed by atoms with Gasteiger partial charge in [-0.05, 0) is 24.1 Å². The Bertz CT molecular complexity index is 661. The van der Waals surface area contributed by atoms with Crippen molar-refractivity contribution in [3.8, 4) is 0 Å². The largest absolute Gasteiger partial charge is 0.379 e. The highest BCUT2D eigenvalue weighted by molar-refractivity contribution is 7.89. The lowest BCUT2D eigenvalue weighted by molar-refractivity contribution is -0.121. The van der Waals surface area contributed by atoms with Crippen molar-refractivity contribution >= 4 is 15.9 Å². The molecule has 1 aromatic rings. The maximum Gasteiger partial charge on any atom is 0.220 e. The van der Waals surface area contributed by atoms with Crippen LogP contribution in [0.1, 0.15) is 12.0 Å². The number of halogens is 1. The summed E-state index contributed by atoms with van der Waals surface area (Å²) in [5.41, 5.74) is 0.876. The molecule has 0 spiro atoms. The quantitative estimate of drug-likeness (QED) is 0.782. The Morgan fingerprint density at radius 3 is 2.58 bits per heavy atom. The third kappa shape index (κ3) is 5.25. The smallest absolute Gasteiger partial charge is 0.220 e. The second-order valence-corrected chi connectivity index (χ2v) is 8.39.